The first kappa shape index (κ1) is 6.95. The van der Waals surface area contributed by atoms with E-state index in [1.807, 2.05) is 6.92 Å². The third kappa shape index (κ3) is 4.95. The van der Waals surface area contributed by atoms with Gasteiger partial charge >= 0.3 is 0 Å². The summed E-state index contributed by atoms with van der Waals surface area (Å²) in [6, 6.07) is 0. The fourth-order valence-electron chi connectivity index (χ4n) is 0.240. The number of hydrogen-bond donors (Lipinski definition) is 1. The Morgan fingerprint density at radius 1 is 1.62 bits per heavy atom. The summed E-state index contributed by atoms with van der Waals surface area (Å²) in [5.41, 5.74) is 0. The molecule has 0 aromatic heterocycles. The van der Waals surface area contributed by atoms with Crippen molar-refractivity contribution in [1.82, 2.24) is 5.32 Å². The van der Waals surface area contributed by atoms with Gasteiger partial charge < -0.3 is 5.32 Å². The van der Waals surface area contributed by atoms with Gasteiger partial charge in [-0.15, -0.1) is 0 Å². The van der Waals surface area contributed by atoms with Crippen LogP contribution in [0.4, 0.5) is 0 Å². The average molecular weight is 110 g/mol. The van der Waals surface area contributed by atoms with Crippen molar-refractivity contribution in [3.8, 4) is 0 Å². The van der Waals surface area contributed by atoms with Crippen LogP contribution in [0.3, 0.4) is 0 Å². The molecule has 1 N–H and O–H groups in total. The molecule has 0 aliphatic carbocycles. The van der Waals surface area contributed by atoms with Gasteiger partial charge in [0, 0.05) is 18.6 Å². The van der Waals surface area contributed by atoms with Gasteiger partial charge in [0.05, 0.1) is 0 Å². The summed E-state index contributed by atoms with van der Waals surface area (Å²) < 4.78 is 0. The van der Waals surface area contributed by atoms with Gasteiger partial charge in [-0.1, -0.05) is 6.58 Å². The molecule has 44 valence electrons. The molecule has 0 radical (unpaired) electrons. The molecule has 8 heavy (non-hydrogen) atoms. The van der Waals surface area contributed by atoms with Crippen molar-refractivity contribution in [2.24, 2.45) is 4.99 Å². The standard InChI is InChI=1S/C6H10N2/c1-3-7-5-6-8-4-2/h3-7H,1H2,2H3/b6-5-,8-4+. The van der Waals surface area contributed by atoms with Crippen LogP contribution in [0.1, 0.15) is 6.92 Å². The van der Waals surface area contributed by atoms with E-state index in [9.17, 15) is 0 Å². The monoisotopic (exact) mass is 110 g/mol. The van der Waals surface area contributed by atoms with Crippen LogP contribution in [0.2, 0.25) is 0 Å². The number of rotatable bonds is 3. The lowest BCUT2D eigenvalue weighted by molar-refractivity contribution is 1.19. The molecule has 2 nitrogen and oxygen atoms in total. The largest absolute Gasteiger partial charge is 0.367 e. The van der Waals surface area contributed by atoms with Gasteiger partial charge in [0.2, 0.25) is 0 Å². The minimum Gasteiger partial charge on any atom is -0.367 e. The van der Waals surface area contributed by atoms with Crippen LogP contribution >= 0.6 is 0 Å². The number of hydrogen-bond acceptors (Lipinski definition) is 2. The molecule has 0 atom stereocenters. The highest BCUT2D eigenvalue weighted by Gasteiger charge is 1.57. The van der Waals surface area contributed by atoms with E-state index in [1.165, 1.54) is 0 Å². The highest BCUT2D eigenvalue weighted by molar-refractivity contribution is 5.54. The molecule has 0 heterocycles. The molecule has 0 aromatic rings. The molecule has 0 saturated carbocycles. The summed E-state index contributed by atoms with van der Waals surface area (Å²) >= 11 is 0. The zero-order valence-electron chi connectivity index (χ0n) is 4.96. The Bertz CT molecular complexity index is 103. The quantitative estimate of drug-likeness (QED) is 0.544. The highest BCUT2D eigenvalue weighted by Crippen LogP contribution is 1.67. The van der Waals surface area contributed by atoms with E-state index >= 15 is 0 Å². The smallest absolute Gasteiger partial charge is 0.0423 e. The third-order valence-electron chi connectivity index (χ3n) is 0.524. The van der Waals surface area contributed by atoms with Crippen LogP contribution in [0.25, 0.3) is 0 Å². The van der Waals surface area contributed by atoms with Crippen LogP contribution in [-0.4, -0.2) is 6.21 Å². The Morgan fingerprint density at radius 2 is 2.38 bits per heavy atom. The zero-order chi connectivity index (χ0) is 6.24. The molecule has 0 rings (SSSR count). The maximum Gasteiger partial charge on any atom is 0.0423 e. The van der Waals surface area contributed by atoms with Gasteiger partial charge in [-0.2, -0.15) is 0 Å². The Labute approximate surface area is 49.6 Å². The van der Waals surface area contributed by atoms with Crippen molar-refractivity contribution < 1.29 is 0 Å². The molecule has 0 aliphatic heterocycles. The minimum atomic E-state index is 1.58. The topological polar surface area (TPSA) is 24.4 Å². The van der Waals surface area contributed by atoms with E-state index in [1.54, 1.807) is 24.8 Å². The van der Waals surface area contributed by atoms with Gasteiger partial charge in [-0.25, -0.2) is 0 Å². The van der Waals surface area contributed by atoms with Crippen molar-refractivity contribution >= 4 is 6.21 Å². The Kier molecular flexibility index (Phi) is 5.17. The van der Waals surface area contributed by atoms with E-state index in [-0.39, 0.29) is 0 Å². The molecular weight excluding hydrogens is 100 g/mol. The zero-order valence-corrected chi connectivity index (χ0v) is 4.96. The van der Waals surface area contributed by atoms with Crippen molar-refractivity contribution in [2.45, 2.75) is 6.92 Å². The van der Waals surface area contributed by atoms with Crippen LogP contribution < -0.4 is 5.32 Å². The van der Waals surface area contributed by atoms with Crippen LogP contribution in [0.15, 0.2) is 30.2 Å². The second-order valence-corrected chi connectivity index (χ2v) is 1.09. The molecule has 2 heteroatoms. The fraction of sp³-hybridized carbons (Fsp3) is 0.167. The van der Waals surface area contributed by atoms with Gasteiger partial charge in [-0.05, 0) is 13.1 Å². The lowest BCUT2D eigenvalue weighted by Crippen LogP contribution is -1.87. The summed E-state index contributed by atoms with van der Waals surface area (Å²) in [6.07, 6.45) is 6.65. The second-order valence-electron chi connectivity index (χ2n) is 1.09. The maximum absolute atomic E-state index is 3.79. The third-order valence-corrected chi connectivity index (χ3v) is 0.524. The number of nitrogens with zero attached hydrogens (tertiary/aromatic N) is 1. The Hall–Kier alpha value is -1.05. The van der Waals surface area contributed by atoms with Gasteiger partial charge in [0.25, 0.3) is 0 Å². The van der Waals surface area contributed by atoms with E-state index in [0.29, 0.717) is 0 Å². The molecule has 0 unspecified atom stereocenters. The van der Waals surface area contributed by atoms with Gasteiger partial charge in [0.15, 0.2) is 0 Å². The first-order valence-corrected chi connectivity index (χ1v) is 2.41. The molecule has 0 fully saturated rings. The van der Waals surface area contributed by atoms with Crippen LogP contribution in [-0.2, 0) is 0 Å². The Balaban J connectivity index is 3.19. The van der Waals surface area contributed by atoms with E-state index in [4.69, 9.17) is 0 Å². The van der Waals surface area contributed by atoms with Crippen molar-refractivity contribution in [3.63, 3.8) is 0 Å². The maximum atomic E-state index is 3.79. The molecule has 0 aromatic carbocycles. The molecule has 0 aliphatic rings. The predicted molar refractivity (Wildman–Crippen MR) is 36.6 cm³/mol. The molecular formula is C6H10N2. The van der Waals surface area contributed by atoms with Gasteiger partial charge in [-0.3, -0.25) is 4.99 Å². The summed E-state index contributed by atoms with van der Waals surface area (Å²) in [7, 11) is 0. The van der Waals surface area contributed by atoms with E-state index in [2.05, 4.69) is 16.9 Å². The number of nitrogens with one attached hydrogen (secondary N) is 1. The predicted octanol–water partition coefficient (Wildman–Crippen LogP) is 1.28. The highest BCUT2D eigenvalue weighted by atomic mass is 14.8. The summed E-state index contributed by atoms with van der Waals surface area (Å²) in [6.45, 7) is 5.30. The second kappa shape index (κ2) is 5.95. The average Bonchev–Trinajstić information content (AvgIpc) is 1.81. The summed E-state index contributed by atoms with van der Waals surface area (Å²) in [5, 5.41) is 2.75. The van der Waals surface area contributed by atoms with E-state index < -0.39 is 0 Å². The minimum absolute atomic E-state index is 1.58. The summed E-state index contributed by atoms with van der Waals surface area (Å²) in [4.78, 5) is 3.79. The molecule has 0 spiro atoms. The first-order valence-electron chi connectivity index (χ1n) is 2.41. The lowest BCUT2D eigenvalue weighted by Gasteiger charge is -1.80. The van der Waals surface area contributed by atoms with Crippen molar-refractivity contribution in [2.75, 3.05) is 0 Å². The molecule has 0 bridgehead atoms. The molecule has 0 saturated heterocycles. The summed E-state index contributed by atoms with van der Waals surface area (Å²) in [5.74, 6) is 0. The fourth-order valence-corrected chi connectivity index (χ4v) is 0.240. The molecule has 0 amide bonds. The van der Waals surface area contributed by atoms with Gasteiger partial charge in [0.1, 0.15) is 0 Å². The van der Waals surface area contributed by atoms with Crippen molar-refractivity contribution in [1.29, 1.82) is 0 Å². The van der Waals surface area contributed by atoms with Crippen molar-refractivity contribution in [3.05, 3.63) is 25.2 Å². The normalized spacial score (nSPS) is 10.6. The van der Waals surface area contributed by atoms with E-state index in [0.717, 1.165) is 0 Å². The lowest BCUT2D eigenvalue weighted by atomic mass is 10.8. The van der Waals surface area contributed by atoms with Crippen LogP contribution in [0.5, 0.6) is 0 Å². The van der Waals surface area contributed by atoms with Crippen LogP contribution in [0, 0.1) is 0 Å². The Morgan fingerprint density at radius 3 is 2.88 bits per heavy atom. The number of aliphatic imine (C=N–C) groups is 1. The first-order chi connectivity index (χ1) is 3.91. The SMILES string of the molecule is C=CN/C=C\N=C\C.